The molecule has 7 heteroatoms. The van der Waals surface area contributed by atoms with E-state index in [1.54, 1.807) is 25.5 Å². The van der Waals surface area contributed by atoms with Gasteiger partial charge in [-0.2, -0.15) is 17.4 Å². The Bertz CT molecular complexity index is 505. The Morgan fingerprint density at radius 3 is 2.62 bits per heavy atom. The fourth-order valence-corrected chi connectivity index (χ4v) is 2.96. The van der Waals surface area contributed by atoms with Crippen LogP contribution >= 0.6 is 0 Å². The first-order valence-electron chi connectivity index (χ1n) is 7.20. The molecule has 2 N–H and O–H groups in total. The van der Waals surface area contributed by atoms with Gasteiger partial charge in [-0.15, -0.1) is 0 Å². The summed E-state index contributed by atoms with van der Waals surface area (Å²) in [7, 11) is -1.89. The van der Waals surface area contributed by atoms with Gasteiger partial charge in [0.15, 0.2) is 0 Å². The van der Waals surface area contributed by atoms with Crippen LogP contribution in [0.1, 0.15) is 38.8 Å². The average Bonchev–Trinajstić information content (AvgIpc) is 2.43. The molecule has 0 spiro atoms. The molecule has 120 valence electrons. The molecule has 0 aliphatic carbocycles. The number of hydrogen-bond acceptors (Lipinski definition) is 4. The third-order valence-electron chi connectivity index (χ3n) is 3.12. The van der Waals surface area contributed by atoms with E-state index in [2.05, 4.69) is 28.9 Å². The summed E-state index contributed by atoms with van der Waals surface area (Å²) in [4.78, 5) is 4.00. The lowest BCUT2D eigenvalue weighted by Crippen LogP contribution is -2.40. The fraction of sp³-hybridized carbons (Fsp3) is 0.643. The average molecular weight is 314 g/mol. The van der Waals surface area contributed by atoms with Gasteiger partial charge in [-0.05, 0) is 31.5 Å². The van der Waals surface area contributed by atoms with E-state index in [4.69, 9.17) is 0 Å². The third kappa shape index (κ3) is 6.52. The maximum Gasteiger partial charge on any atom is 0.279 e. The van der Waals surface area contributed by atoms with E-state index in [9.17, 15) is 8.42 Å². The molecule has 0 saturated carbocycles. The van der Waals surface area contributed by atoms with Crippen LogP contribution in [0, 0.1) is 0 Å². The summed E-state index contributed by atoms with van der Waals surface area (Å²) >= 11 is 0. The molecular formula is C14H26N4O2S. The molecule has 1 unspecified atom stereocenters. The quantitative estimate of drug-likeness (QED) is 0.674. The van der Waals surface area contributed by atoms with Crippen LogP contribution < -0.4 is 10.0 Å². The molecule has 1 aromatic heterocycles. The largest absolute Gasteiger partial charge is 0.314 e. The van der Waals surface area contributed by atoms with Crippen LogP contribution in [0.4, 0.5) is 0 Å². The van der Waals surface area contributed by atoms with Gasteiger partial charge in [0, 0.05) is 38.1 Å². The summed E-state index contributed by atoms with van der Waals surface area (Å²) in [6.07, 6.45) is 4.11. The van der Waals surface area contributed by atoms with Crippen molar-refractivity contribution >= 4 is 10.2 Å². The minimum atomic E-state index is -3.48. The Morgan fingerprint density at radius 1 is 1.33 bits per heavy atom. The van der Waals surface area contributed by atoms with Gasteiger partial charge in [0.2, 0.25) is 0 Å². The minimum absolute atomic E-state index is 0.306. The highest BCUT2D eigenvalue weighted by Crippen LogP contribution is 2.12. The molecule has 0 aliphatic rings. The molecule has 0 aliphatic heterocycles. The van der Waals surface area contributed by atoms with Gasteiger partial charge in [-0.1, -0.05) is 19.9 Å². The van der Waals surface area contributed by atoms with E-state index in [1.807, 2.05) is 13.0 Å². The summed E-state index contributed by atoms with van der Waals surface area (Å²) in [5.74, 6) is 0. The Morgan fingerprint density at radius 2 is 2.05 bits per heavy atom. The summed E-state index contributed by atoms with van der Waals surface area (Å²) < 4.78 is 28.4. The highest BCUT2D eigenvalue weighted by atomic mass is 32.2. The molecule has 0 aromatic carbocycles. The van der Waals surface area contributed by atoms with Gasteiger partial charge < -0.3 is 5.32 Å². The van der Waals surface area contributed by atoms with Crippen LogP contribution in [0.2, 0.25) is 0 Å². The van der Waals surface area contributed by atoms with Crippen LogP contribution in [0.3, 0.4) is 0 Å². The van der Waals surface area contributed by atoms with Gasteiger partial charge in [0.25, 0.3) is 10.2 Å². The van der Waals surface area contributed by atoms with Gasteiger partial charge in [0.1, 0.15) is 0 Å². The van der Waals surface area contributed by atoms with E-state index in [-0.39, 0.29) is 6.04 Å². The highest BCUT2D eigenvalue weighted by molar-refractivity contribution is 7.87. The Hall–Kier alpha value is -1.02. The van der Waals surface area contributed by atoms with Crippen molar-refractivity contribution in [1.82, 2.24) is 19.3 Å². The van der Waals surface area contributed by atoms with E-state index in [1.165, 1.54) is 4.31 Å². The first-order valence-corrected chi connectivity index (χ1v) is 8.64. The van der Waals surface area contributed by atoms with Crippen molar-refractivity contribution in [2.75, 3.05) is 20.1 Å². The second-order valence-electron chi connectivity index (χ2n) is 5.41. The van der Waals surface area contributed by atoms with Crippen molar-refractivity contribution in [2.45, 2.75) is 39.3 Å². The third-order valence-corrected chi connectivity index (χ3v) is 4.78. The molecular weight excluding hydrogens is 288 g/mol. The molecule has 1 rings (SSSR count). The van der Waals surface area contributed by atoms with Crippen LogP contribution in [-0.4, -0.2) is 43.9 Å². The number of aromatic nitrogens is 1. The molecule has 0 radical (unpaired) electrons. The number of hydrogen-bond donors (Lipinski definition) is 2. The SMILES string of the molecule is CC(C)NCCCN(C)S(=O)(=O)NC(C)c1cccnc1. The van der Waals surface area contributed by atoms with Gasteiger partial charge in [0.05, 0.1) is 0 Å². The molecule has 1 atom stereocenters. The second-order valence-corrected chi connectivity index (χ2v) is 7.22. The molecule has 1 heterocycles. The van der Waals surface area contributed by atoms with Gasteiger partial charge >= 0.3 is 0 Å². The monoisotopic (exact) mass is 314 g/mol. The van der Waals surface area contributed by atoms with E-state index in [0.29, 0.717) is 12.6 Å². The summed E-state index contributed by atoms with van der Waals surface area (Å²) in [6.45, 7) is 7.22. The lowest BCUT2D eigenvalue weighted by molar-refractivity contribution is 0.433. The van der Waals surface area contributed by atoms with Crippen LogP contribution in [0.25, 0.3) is 0 Å². The Kier molecular flexibility index (Phi) is 7.24. The predicted molar refractivity (Wildman–Crippen MR) is 85.1 cm³/mol. The standard InChI is InChI=1S/C14H26N4O2S/c1-12(2)16-9-6-10-18(4)21(19,20)17-13(3)14-7-5-8-15-11-14/h5,7-8,11-13,16-17H,6,9-10H2,1-4H3. The maximum atomic E-state index is 12.2. The number of nitrogens with one attached hydrogen (secondary N) is 2. The summed E-state index contributed by atoms with van der Waals surface area (Å²) in [5, 5.41) is 3.27. The highest BCUT2D eigenvalue weighted by Gasteiger charge is 2.20. The summed E-state index contributed by atoms with van der Waals surface area (Å²) in [5.41, 5.74) is 0.843. The van der Waals surface area contributed by atoms with Crippen molar-refractivity contribution in [1.29, 1.82) is 0 Å². The predicted octanol–water partition coefficient (Wildman–Crippen LogP) is 1.30. The smallest absolute Gasteiger partial charge is 0.279 e. The fourth-order valence-electron chi connectivity index (χ4n) is 1.83. The molecule has 0 fully saturated rings. The van der Waals surface area contributed by atoms with E-state index >= 15 is 0 Å². The van der Waals surface area contributed by atoms with Crippen molar-refractivity contribution < 1.29 is 8.42 Å². The zero-order valence-corrected chi connectivity index (χ0v) is 14.0. The lowest BCUT2D eigenvalue weighted by Gasteiger charge is -2.21. The first kappa shape index (κ1) is 18.0. The number of rotatable bonds is 9. The van der Waals surface area contributed by atoms with Crippen molar-refractivity contribution in [3.63, 3.8) is 0 Å². The van der Waals surface area contributed by atoms with Gasteiger partial charge in [-0.3, -0.25) is 4.98 Å². The van der Waals surface area contributed by atoms with E-state index < -0.39 is 10.2 Å². The van der Waals surface area contributed by atoms with E-state index in [0.717, 1.165) is 18.5 Å². The normalized spacial score (nSPS) is 13.8. The van der Waals surface area contributed by atoms with Crippen molar-refractivity contribution in [3.8, 4) is 0 Å². The maximum absolute atomic E-state index is 12.2. The Balaban J connectivity index is 2.48. The van der Waals surface area contributed by atoms with Crippen LogP contribution in [0.15, 0.2) is 24.5 Å². The van der Waals surface area contributed by atoms with Crippen LogP contribution in [-0.2, 0) is 10.2 Å². The topological polar surface area (TPSA) is 74.3 Å². The van der Waals surface area contributed by atoms with Gasteiger partial charge in [-0.25, -0.2) is 0 Å². The first-order chi connectivity index (χ1) is 9.83. The molecule has 21 heavy (non-hydrogen) atoms. The molecule has 0 bridgehead atoms. The van der Waals surface area contributed by atoms with Crippen molar-refractivity contribution in [2.24, 2.45) is 0 Å². The molecule has 1 aromatic rings. The molecule has 6 nitrogen and oxygen atoms in total. The molecule has 0 saturated heterocycles. The second kappa shape index (κ2) is 8.43. The minimum Gasteiger partial charge on any atom is -0.314 e. The van der Waals surface area contributed by atoms with Crippen LogP contribution in [0.5, 0.6) is 0 Å². The number of pyridine rings is 1. The zero-order valence-electron chi connectivity index (χ0n) is 13.2. The lowest BCUT2D eigenvalue weighted by atomic mass is 10.2. The van der Waals surface area contributed by atoms with Crippen molar-refractivity contribution in [3.05, 3.63) is 30.1 Å². The Labute approximate surface area is 128 Å². The molecule has 0 amide bonds. The summed E-state index contributed by atoms with van der Waals surface area (Å²) in [6, 6.07) is 3.75. The zero-order chi connectivity index (χ0) is 15.9. The number of nitrogens with zero attached hydrogens (tertiary/aromatic N) is 2.